The van der Waals surface area contributed by atoms with Gasteiger partial charge in [-0.3, -0.25) is 0 Å². The van der Waals surface area contributed by atoms with Crippen molar-refractivity contribution in [2.24, 2.45) is 0 Å². The molecule has 0 aliphatic carbocycles. The van der Waals surface area contributed by atoms with Crippen molar-refractivity contribution in [1.82, 2.24) is 10.2 Å². The molecule has 0 aromatic carbocycles. The second-order valence-corrected chi connectivity index (χ2v) is 3.56. The predicted molar refractivity (Wildman–Crippen MR) is 55.6 cm³/mol. The molecule has 5 heteroatoms. The van der Waals surface area contributed by atoms with Gasteiger partial charge in [0.05, 0.1) is 0 Å². The summed E-state index contributed by atoms with van der Waals surface area (Å²) in [6.07, 6.45) is 3.72. The van der Waals surface area contributed by atoms with Gasteiger partial charge in [-0.2, -0.15) is 0 Å². The standard InChI is InChI=1S/C10H16N2O3/c1-2-5-8(9(13)14)11-10(15)12-6-3-4-7-12/h2,8H,1,3-7H2,(H,11,15)(H,13,14). The minimum Gasteiger partial charge on any atom is -0.480 e. The number of nitrogens with one attached hydrogen (secondary N) is 1. The summed E-state index contributed by atoms with van der Waals surface area (Å²) in [7, 11) is 0. The Morgan fingerprint density at radius 3 is 2.53 bits per heavy atom. The number of urea groups is 1. The van der Waals surface area contributed by atoms with Gasteiger partial charge in [-0.15, -0.1) is 6.58 Å². The normalized spacial score (nSPS) is 17.2. The maximum absolute atomic E-state index is 11.6. The third-order valence-electron chi connectivity index (χ3n) is 2.39. The van der Waals surface area contributed by atoms with E-state index in [1.165, 1.54) is 6.08 Å². The molecule has 15 heavy (non-hydrogen) atoms. The molecule has 0 saturated carbocycles. The van der Waals surface area contributed by atoms with Crippen LogP contribution in [0.4, 0.5) is 4.79 Å². The van der Waals surface area contributed by atoms with E-state index in [1.807, 2.05) is 0 Å². The smallest absolute Gasteiger partial charge is 0.326 e. The Morgan fingerprint density at radius 1 is 1.47 bits per heavy atom. The number of hydrogen-bond donors (Lipinski definition) is 2. The minimum absolute atomic E-state index is 0.245. The first-order valence-corrected chi connectivity index (χ1v) is 5.04. The first-order chi connectivity index (χ1) is 7.15. The van der Waals surface area contributed by atoms with E-state index in [-0.39, 0.29) is 12.5 Å². The van der Waals surface area contributed by atoms with Gasteiger partial charge in [0.15, 0.2) is 0 Å². The molecule has 0 radical (unpaired) electrons. The number of carboxylic acid groups (broad SMARTS) is 1. The Morgan fingerprint density at radius 2 is 2.07 bits per heavy atom. The van der Waals surface area contributed by atoms with Gasteiger partial charge in [0.2, 0.25) is 0 Å². The van der Waals surface area contributed by atoms with Gasteiger partial charge in [-0.25, -0.2) is 9.59 Å². The lowest BCUT2D eigenvalue weighted by molar-refractivity contribution is -0.139. The summed E-state index contributed by atoms with van der Waals surface area (Å²) in [5, 5.41) is 11.3. The molecule has 1 atom stereocenters. The highest BCUT2D eigenvalue weighted by atomic mass is 16.4. The van der Waals surface area contributed by atoms with Crippen molar-refractivity contribution in [2.75, 3.05) is 13.1 Å². The lowest BCUT2D eigenvalue weighted by Gasteiger charge is -2.19. The van der Waals surface area contributed by atoms with E-state index < -0.39 is 12.0 Å². The fraction of sp³-hybridized carbons (Fsp3) is 0.600. The number of carbonyl (C=O) groups is 2. The fourth-order valence-electron chi connectivity index (χ4n) is 1.55. The quantitative estimate of drug-likeness (QED) is 0.678. The van der Waals surface area contributed by atoms with Gasteiger partial charge in [0.1, 0.15) is 6.04 Å². The third-order valence-corrected chi connectivity index (χ3v) is 2.39. The van der Waals surface area contributed by atoms with Crippen LogP contribution in [0.1, 0.15) is 19.3 Å². The molecule has 2 N–H and O–H groups in total. The summed E-state index contributed by atoms with van der Waals surface area (Å²) in [5.74, 6) is -1.03. The molecule has 1 rings (SSSR count). The monoisotopic (exact) mass is 212 g/mol. The molecule has 1 heterocycles. The van der Waals surface area contributed by atoms with Crippen LogP contribution in [0.2, 0.25) is 0 Å². The second-order valence-electron chi connectivity index (χ2n) is 3.56. The maximum atomic E-state index is 11.6. The minimum atomic E-state index is -1.03. The summed E-state index contributed by atoms with van der Waals surface area (Å²) in [4.78, 5) is 23.9. The average Bonchev–Trinajstić information content (AvgIpc) is 2.69. The molecule has 1 aliphatic rings. The number of nitrogens with zero attached hydrogens (tertiary/aromatic N) is 1. The summed E-state index contributed by atoms with van der Waals surface area (Å²) in [5.41, 5.74) is 0. The molecule has 0 spiro atoms. The van der Waals surface area contributed by atoms with Crippen LogP contribution < -0.4 is 5.32 Å². The van der Waals surface area contributed by atoms with Crippen molar-refractivity contribution in [3.63, 3.8) is 0 Å². The Kier molecular flexibility index (Phi) is 4.15. The maximum Gasteiger partial charge on any atom is 0.326 e. The summed E-state index contributed by atoms with van der Waals surface area (Å²) >= 11 is 0. The van der Waals surface area contributed by atoms with E-state index in [9.17, 15) is 9.59 Å². The number of carboxylic acids is 1. The number of carbonyl (C=O) groups excluding carboxylic acids is 1. The highest BCUT2D eigenvalue weighted by molar-refractivity contribution is 5.82. The molecule has 0 aromatic rings. The molecular weight excluding hydrogens is 196 g/mol. The van der Waals surface area contributed by atoms with Crippen LogP contribution >= 0.6 is 0 Å². The van der Waals surface area contributed by atoms with E-state index in [4.69, 9.17) is 5.11 Å². The number of hydrogen-bond acceptors (Lipinski definition) is 2. The third kappa shape index (κ3) is 3.27. The van der Waals surface area contributed by atoms with Crippen LogP contribution in [0.3, 0.4) is 0 Å². The van der Waals surface area contributed by atoms with Crippen LogP contribution in [-0.4, -0.2) is 41.1 Å². The van der Waals surface area contributed by atoms with Gasteiger partial charge < -0.3 is 15.3 Å². The SMILES string of the molecule is C=CCC(NC(=O)N1CCCC1)C(=O)O. The van der Waals surface area contributed by atoms with E-state index in [0.29, 0.717) is 13.1 Å². The topological polar surface area (TPSA) is 69.6 Å². The fourth-order valence-corrected chi connectivity index (χ4v) is 1.55. The van der Waals surface area contributed by atoms with Crippen LogP contribution in [-0.2, 0) is 4.79 Å². The summed E-state index contributed by atoms with van der Waals surface area (Å²) in [6, 6.07) is -1.16. The van der Waals surface area contributed by atoms with Crippen molar-refractivity contribution in [3.8, 4) is 0 Å². The van der Waals surface area contributed by atoms with E-state index in [0.717, 1.165) is 12.8 Å². The molecule has 84 valence electrons. The van der Waals surface area contributed by atoms with Gasteiger partial charge in [-0.1, -0.05) is 6.08 Å². The number of aliphatic carboxylic acids is 1. The van der Waals surface area contributed by atoms with Gasteiger partial charge in [0.25, 0.3) is 0 Å². The summed E-state index contributed by atoms with van der Waals surface area (Å²) in [6.45, 7) is 4.89. The summed E-state index contributed by atoms with van der Waals surface area (Å²) < 4.78 is 0. The van der Waals surface area contributed by atoms with E-state index in [1.54, 1.807) is 4.90 Å². The molecule has 5 nitrogen and oxygen atoms in total. The first-order valence-electron chi connectivity index (χ1n) is 5.04. The molecule has 0 aromatic heterocycles. The zero-order valence-corrected chi connectivity index (χ0v) is 8.61. The van der Waals surface area contributed by atoms with Crippen molar-refractivity contribution in [1.29, 1.82) is 0 Å². The van der Waals surface area contributed by atoms with E-state index >= 15 is 0 Å². The lowest BCUT2D eigenvalue weighted by Crippen LogP contribution is -2.46. The molecule has 1 saturated heterocycles. The zero-order valence-electron chi connectivity index (χ0n) is 8.61. The first kappa shape index (κ1) is 11.6. The lowest BCUT2D eigenvalue weighted by atomic mass is 10.2. The van der Waals surface area contributed by atoms with Crippen LogP contribution in [0.25, 0.3) is 0 Å². The van der Waals surface area contributed by atoms with Crippen molar-refractivity contribution >= 4 is 12.0 Å². The molecule has 1 fully saturated rings. The Balaban J connectivity index is 2.45. The number of likely N-dealkylation sites (tertiary alicyclic amines) is 1. The Hall–Kier alpha value is -1.52. The number of amides is 2. The van der Waals surface area contributed by atoms with Gasteiger partial charge in [-0.05, 0) is 19.3 Å². The molecule has 2 amide bonds. The highest BCUT2D eigenvalue weighted by Crippen LogP contribution is 2.07. The van der Waals surface area contributed by atoms with Crippen molar-refractivity contribution in [3.05, 3.63) is 12.7 Å². The highest BCUT2D eigenvalue weighted by Gasteiger charge is 2.23. The molecule has 1 aliphatic heterocycles. The average molecular weight is 212 g/mol. The van der Waals surface area contributed by atoms with Gasteiger partial charge in [0, 0.05) is 13.1 Å². The Labute approximate surface area is 88.8 Å². The largest absolute Gasteiger partial charge is 0.480 e. The molecular formula is C10H16N2O3. The van der Waals surface area contributed by atoms with Crippen LogP contribution in [0.5, 0.6) is 0 Å². The second kappa shape index (κ2) is 5.38. The van der Waals surface area contributed by atoms with Crippen LogP contribution in [0, 0.1) is 0 Å². The van der Waals surface area contributed by atoms with Crippen LogP contribution in [0.15, 0.2) is 12.7 Å². The molecule has 1 unspecified atom stereocenters. The predicted octanol–water partition coefficient (Wildman–Crippen LogP) is 0.821. The molecule has 0 bridgehead atoms. The Bertz CT molecular complexity index is 259. The zero-order chi connectivity index (χ0) is 11.3. The van der Waals surface area contributed by atoms with Gasteiger partial charge >= 0.3 is 12.0 Å². The van der Waals surface area contributed by atoms with E-state index in [2.05, 4.69) is 11.9 Å². The van der Waals surface area contributed by atoms with Crippen molar-refractivity contribution in [2.45, 2.75) is 25.3 Å². The van der Waals surface area contributed by atoms with Crippen molar-refractivity contribution < 1.29 is 14.7 Å². The number of rotatable bonds is 4.